The lowest BCUT2D eigenvalue weighted by Crippen LogP contribution is -2.53. The fourth-order valence-corrected chi connectivity index (χ4v) is 2.08. The van der Waals surface area contributed by atoms with Crippen molar-refractivity contribution in [1.29, 1.82) is 0 Å². The summed E-state index contributed by atoms with van der Waals surface area (Å²) in [5.74, 6) is -2.55. The quantitative estimate of drug-likeness (QED) is 0.256. The van der Waals surface area contributed by atoms with Gasteiger partial charge in [0.1, 0.15) is 18.7 Å². The van der Waals surface area contributed by atoms with E-state index in [0.29, 0.717) is 25.1 Å². The van der Waals surface area contributed by atoms with Crippen LogP contribution in [0.2, 0.25) is 0 Å². The van der Waals surface area contributed by atoms with Gasteiger partial charge in [-0.25, -0.2) is 9.78 Å². The summed E-state index contributed by atoms with van der Waals surface area (Å²) in [6.45, 7) is -0.335. The van der Waals surface area contributed by atoms with Crippen molar-refractivity contribution in [3.05, 3.63) is 18.2 Å². The number of nitrogens with zero attached hydrogens (tertiary/aromatic N) is 1. The number of amides is 2. The topological polar surface area (TPSA) is 170 Å². The molecule has 1 aromatic rings. The van der Waals surface area contributed by atoms with Gasteiger partial charge in [0.15, 0.2) is 0 Å². The molecule has 0 aromatic carbocycles. The Morgan fingerprint density at radius 3 is 2.54 bits per heavy atom. The number of rotatable bonds is 11. The van der Waals surface area contributed by atoms with Gasteiger partial charge in [-0.3, -0.25) is 9.59 Å². The maximum Gasteiger partial charge on any atom is 0.326 e. The molecule has 2 amide bonds. The molecule has 0 bridgehead atoms. The van der Waals surface area contributed by atoms with Crippen molar-refractivity contribution in [1.82, 2.24) is 20.6 Å². The number of carbonyl (C=O) groups is 3. The van der Waals surface area contributed by atoms with Crippen molar-refractivity contribution in [2.45, 2.75) is 37.8 Å². The van der Waals surface area contributed by atoms with E-state index < -0.39 is 36.5 Å². The van der Waals surface area contributed by atoms with Crippen LogP contribution in [0.4, 0.5) is 0 Å². The molecular formula is C14H23N5O5. The van der Waals surface area contributed by atoms with Gasteiger partial charge in [0.2, 0.25) is 11.8 Å². The van der Waals surface area contributed by atoms with Crippen molar-refractivity contribution in [2.24, 2.45) is 5.73 Å². The molecule has 0 fully saturated rings. The summed E-state index contributed by atoms with van der Waals surface area (Å²) >= 11 is 0. The third-order valence-electron chi connectivity index (χ3n) is 3.32. The molecule has 10 heteroatoms. The average molecular weight is 341 g/mol. The van der Waals surface area contributed by atoms with E-state index in [1.54, 1.807) is 6.20 Å². The number of hydrogen-bond donors (Lipinski definition) is 6. The van der Waals surface area contributed by atoms with Gasteiger partial charge in [-0.2, -0.15) is 0 Å². The fraction of sp³-hybridized carbons (Fsp3) is 0.571. The molecule has 10 nitrogen and oxygen atoms in total. The Hall–Kier alpha value is -2.46. The molecule has 0 saturated heterocycles. The molecule has 0 aliphatic carbocycles. The number of aromatic nitrogens is 2. The SMILES string of the molecule is NCCCCC(NC(=O)C(Cc1c[nH]cn1)NC(=O)CO)C(=O)O. The van der Waals surface area contributed by atoms with E-state index in [1.807, 2.05) is 0 Å². The predicted molar refractivity (Wildman–Crippen MR) is 83.8 cm³/mol. The highest BCUT2D eigenvalue weighted by Crippen LogP contribution is 2.04. The Bertz CT molecular complexity index is 534. The number of carboxylic acids is 1. The van der Waals surface area contributed by atoms with Crippen molar-refractivity contribution in [3.63, 3.8) is 0 Å². The van der Waals surface area contributed by atoms with Crippen LogP contribution in [-0.4, -0.2) is 63.2 Å². The van der Waals surface area contributed by atoms with E-state index in [2.05, 4.69) is 20.6 Å². The molecule has 2 atom stereocenters. The monoisotopic (exact) mass is 341 g/mol. The lowest BCUT2D eigenvalue weighted by atomic mass is 10.1. The molecule has 1 aromatic heterocycles. The number of H-pyrrole nitrogens is 1. The second-order valence-electron chi connectivity index (χ2n) is 5.23. The van der Waals surface area contributed by atoms with Crippen LogP contribution in [0.3, 0.4) is 0 Å². The molecule has 0 radical (unpaired) electrons. The number of aromatic amines is 1. The molecule has 0 aliphatic rings. The highest BCUT2D eigenvalue weighted by Gasteiger charge is 2.26. The van der Waals surface area contributed by atoms with Gasteiger partial charge in [-0.05, 0) is 25.8 Å². The van der Waals surface area contributed by atoms with Crippen molar-refractivity contribution in [2.75, 3.05) is 13.2 Å². The van der Waals surface area contributed by atoms with Gasteiger partial charge in [-0.1, -0.05) is 0 Å². The molecule has 0 aliphatic heterocycles. The smallest absolute Gasteiger partial charge is 0.326 e. The summed E-state index contributed by atoms with van der Waals surface area (Å²) in [7, 11) is 0. The molecular weight excluding hydrogens is 318 g/mol. The predicted octanol–water partition coefficient (Wildman–Crippen LogP) is -1.87. The van der Waals surface area contributed by atoms with Crippen molar-refractivity contribution in [3.8, 4) is 0 Å². The van der Waals surface area contributed by atoms with Gasteiger partial charge in [0.05, 0.1) is 12.0 Å². The first-order chi connectivity index (χ1) is 11.5. The maximum absolute atomic E-state index is 12.3. The van der Waals surface area contributed by atoms with E-state index in [-0.39, 0.29) is 12.8 Å². The summed E-state index contributed by atoms with van der Waals surface area (Å²) in [5.41, 5.74) is 5.89. The standard InChI is InChI=1S/C14H23N5O5/c15-4-2-1-3-10(14(23)24)19-13(22)11(18-12(21)7-20)5-9-6-16-8-17-9/h6,8,10-11,20H,1-5,7,15H2,(H,16,17)(H,18,21)(H,19,22)(H,23,24). The van der Waals surface area contributed by atoms with E-state index >= 15 is 0 Å². The Labute approximate surface area is 138 Å². The zero-order valence-corrected chi connectivity index (χ0v) is 13.2. The number of carbonyl (C=O) groups excluding carboxylic acids is 2. The zero-order chi connectivity index (χ0) is 17.9. The number of aliphatic hydroxyl groups excluding tert-OH is 1. The molecule has 1 rings (SSSR count). The van der Waals surface area contributed by atoms with Crippen LogP contribution >= 0.6 is 0 Å². The highest BCUT2D eigenvalue weighted by molar-refractivity contribution is 5.90. The van der Waals surface area contributed by atoms with Crippen LogP contribution in [-0.2, 0) is 20.8 Å². The number of aliphatic carboxylic acids is 1. The van der Waals surface area contributed by atoms with E-state index in [4.69, 9.17) is 10.8 Å². The molecule has 0 spiro atoms. The number of unbranched alkanes of at least 4 members (excludes halogenated alkanes) is 1. The molecule has 24 heavy (non-hydrogen) atoms. The third-order valence-corrected chi connectivity index (χ3v) is 3.32. The van der Waals surface area contributed by atoms with Crippen LogP contribution in [0, 0.1) is 0 Å². The average Bonchev–Trinajstić information content (AvgIpc) is 3.06. The van der Waals surface area contributed by atoms with Crippen LogP contribution in [0.5, 0.6) is 0 Å². The van der Waals surface area contributed by atoms with Gasteiger partial charge in [0, 0.05) is 12.6 Å². The Morgan fingerprint density at radius 2 is 2.00 bits per heavy atom. The summed E-state index contributed by atoms with van der Waals surface area (Å²) in [6.07, 6.45) is 4.49. The number of imidazole rings is 1. The number of nitrogens with one attached hydrogen (secondary N) is 3. The van der Waals surface area contributed by atoms with Crippen LogP contribution in [0.15, 0.2) is 12.5 Å². The van der Waals surface area contributed by atoms with Gasteiger partial charge in [-0.15, -0.1) is 0 Å². The largest absolute Gasteiger partial charge is 0.480 e. The first-order valence-electron chi connectivity index (χ1n) is 7.59. The number of aliphatic hydroxyl groups is 1. The number of hydrogen-bond acceptors (Lipinski definition) is 6. The minimum absolute atomic E-state index is 0.0657. The minimum atomic E-state index is -1.16. The lowest BCUT2D eigenvalue weighted by Gasteiger charge is -2.20. The van der Waals surface area contributed by atoms with Gasteiger partial charge in [0.25, 0.3) is 0 Å². The molecule has 134 valence electrons. The van der Waals surface area contributed by atoms with Crippen LogP contribution < -0.4 is 16.4 Å². The van der Waals surface area contributed by atoms with Crippen LogP contribution in [0.1, 0.15) is 25.0 Å². The number of carboxylic acid groups (broad SMARTS) is 1. The third kappa shape index (κ3) is 6.75. The second-order valence-corrected chi connectivity index (χ2v) is 5.23. The van der Waals surface area contributed by atoms with E-state index in [0.717, 1.165) is 0 Å². The first kappa shape index (κ1) is 19.6. The summed E-state index contributed by atoms with van der Waals surface area (Å²) in [4.78, 5) is 41.7. The Balaban J connectivity index is 2.73. The van der Waals surface area contributed by atoms with Gasteiger partial charge < -0.3 is 31.6 Å². The summed E-state index contributed by atoms with van der Waals surface area (Å²) in [6, 6.07) is -2.11. The number of nitrogens with two attached hydrogens (primary N) is 1. The zero-order valence-electron chi connectivity index (χ0n) is 13.2. The van der Waals surface area contributed by atoms with Crippen molar-refractivity contribution >= 4 is 17.8 Å². The Morgan fingerprint density at radius 1 is 1.25 bits per heavy atom. The molecule has 1 heterocycles. The fourth-order valence-electron chi connectivity index (χ4n) is 2.08. The van der Waals surface area contributed by atoms with E-state index in [1.165, 1.54) is 6.33 Å². The lowest BCUT2D eigenvalue weighted by molar-refractivity contribution is -0.142. The second kappa shape index (κ2) is 10.3. The van der Waals surface area contributed by atoms with Gasteiger partial charge >= 0.3 is 5.97 Å². The minimum Gasteiger partial charge on any atom is -0.480 e. The van der Waals surface area contributed by atoms with Crippen molar-refractivity contribution < 1.29 is 24.6 Å². The summed E-state index contributed by atoms with van der Waals surface area (Å²) in [5, 5.41) is 22.8. The summed E-state index contributed by atoms with van der Waals surface area (Å²) < 4.78 is 0. The van der Waals surface area contributed by atoms with Crippen LogP contribution in [0.25, 0.3) is 0 Å². The highest BCUT2D eigenvalue weighted by atomic mass is 16.4. The molecule has 0 saturated carbocycles. The normalized spacial score (nSPS) is 13.1. The molecule has 2 unspecified atom stereocenters. The molecule has 7 N–H and O–H groups in total. The van der Waals surface area contributed by atoms with E-state index in [9.17, 15) is 19.5 Å². The first-order valence-corrected chi connectivity index (χ1v) is 7.59. The Kier molecular flexibility index (Phi) is 8.44. The maximum atomic E-state index is 12.3.